The largest absolute Gasteiger partial charge is 0.491 e. The lowest BCUT2D eigenvalue weighted by molar-refractivity contribution is 0.0944. The Morgan fingerprint density at radius 2 is 1.84 bits per heavy atom. The van der Waals surface area contributed by atoms with Crippen LogP contribution in [-0.4, -0.2) is 21.4 Å². The number of carbonyl (C=O) groups excluding carboxylic acids is 1. The average Bonchev–Trinajstić information content (AvgIpc) is 3.07. The molecule has 0 aliphatic carbocycles. The van der Waals surface area contributed by atoms with Crippen LogP contribution in [0.5, 0.6) is 5.75 Å². The number of benzene rings is 2. The molecule has 0 aliphatic heterocycles. The van der Waals surface area contributed by atoms with Crippen LogP contribution in [0, 0.1) is 19.7 Å². The highest BCUT2D eigenvalue weighted by Crippen LogP contribution is 2.26. The van der Waals surface area contributed by atoms with Crippen LogP contribution in [0.4, 0.5) is 4.39 Å². The van der Waals surface area contributed by atoms with Gasteiger partial charge in [0.2, 0.25) is 0 Å². The summed E-state index contributed by atoms with van der Waals surface area (Å²) < 4.78 is 22.2. The maximum absolute atomic E-state index is 14.8. The van der Waals surface area contributed by atoms with Gasteiger partial charge >= 0.3 is 0 Å². The molecule has 0 saturated carbocycles. The summed E-state index contributed by atoms with van der Waals surface area (Å²) in [5.41, 5.74) is 4.90. The van der Waals surface area contributed by atoms with Crippen molar-refractivity contribution in [3.8, 4) is 16.9 Å². The van der Waals surface area contributed by atoms with E-state index in [1.54, 1.807) is 10.5 Å². The molecule has 2 aromatic heterocycles. The highest BCUT2D eigenvalue weighted by Gasteiger charge is 2.16. The normalized spacial score (nSPS) is 11.2. The molecule has 4 rings (SSSR count). The van der Waals surface area contributed by atoms with Crippen LogP contribution in [0.1, 0.15) is 41.2 Å². The third kappa shape index (κ3) is 4.49. The van der Waals surface area contributed by atoms with Gasteiger partial charge in [-0.25, -0.2) is 9.37 Å². The Kier molecular flexibility index (Phi) is 5.95. The Bertz CT molecular complexity index is 1280. The van der Waals surface area contributed by atoms with Crippen LogP contribution in [0.2, 0.25) is 0 Å². The standard InChI is InChI=1S/C26H26FN3O2/c1-16(2)32-21-8-6-20(7-9-21)22-10-5-19(14-23(22)27)15-28-26(31)25-18(4)29-24-13-17(3)11-12-30(24)25/h5-14,16H,15H2,1-4H3,(H,28,31). The van der Waals surface area contributed by atoms with Gasteiger partial charge in [-0.15, -0.1) is 0 Å². The molecule has 1 amide bonds. The summed E-state index contributed by atoms with van der Waals surface area (Å²) in [5.74, 6) is 0.168. The first-order chi connectivity index (χ1) is 15.3. The minimum absolute atomic E-state index is 0.0838. The van der Waals surface area contributed by atoms with E-state index in [0.29, 0.717) is 22.5 Å². The van der Waals surface area contributed by atoms with Crippen LogP contribution in [0.25, 0.3) is 16.8 Å². The van der Waals surface area contributed by atoms with Crippen molar-refractivity contribution in [1.82, 2.24) is 14.7 Å². The summed E-state index contributed by atoms with van der Waals surface area (Å²) in [6.07, 6.45) is 1.92. The number of pyridine rings is 1. The highest BCUT2D eigenvalue weighted by atomic mass is 19.1. The Balaban J connectivity index is 1.47. The molecule has 0 aliphatic rings. The van der Waals surface area contributed by atoms with E-state index in [4.69, 9.17) is 4.74 Å². The predicted molar refractivity (Wildman–Crippen MR) is 123 cm³/mol. The van der Waals surface area contributed by atoms with Crippen LogP contribution in [-0.2, 0) is 6.54 Å². The minimum atomic E-state index is -0.337. The Morgan fingerprint density at radius 3 is 2.53 bits per heavy atom. The fraction of sp³-hybridized carbons (Fsp3) is 0.231. The molecule has 0 bridgehead atoms. The molecule has 4 aromatic rings. The van der Waals surface area contributed by atoms with Crippen molar-refractivity contribution in [3.05, 3.63) is 89.1 Å². The summed E-state index contributed by atoms with van der Waals surface area (Å²) >= 11 is 0. The number of halogens is 1. The van der Waals surface area contributed by atoms with Gasteiger partial charge in [0, 0.05) is 18.3 Å². The SMILES string of the molecule is Cc1ccn2c(C(=O)NCc3ccc(-c4ccc(OC(C)C)cc4)c(F)c3)c(C)nc2c1. The molecule has 32 heavy (non-hydrogen) atoms. The summed E-state index contributed by atoms with van der Waals surface area (Å²) in [4.78, 5) is 17.3. The van der Waals surface area contributed by atoms with Gasteiger partial charge in [0.25, 0.3) is 5.91 Å². The van der Waals surface area contributed by atoms with Crippen molar-refractivity contribution in [2.75, 3.05) is 0 Å². The monoisotopic (exact) mass is 431 g/mol. The number of hydrogen-bond donors (Lipinski definition) is 1. The lowest BCUT2D eigenvalue weighted by Gasteiger charge is -2.11. The zero-order valence-electron chi connectivity index (χ0n) is 18.6. The lowest BCUT2D eigenvalue weighted by atomic mass is 10.0. The molecule has 6 heteroatoms. The number of nitrogens with zero attached hydrogens (tertiary/aromatic N) is 2. The molecule has 0 unspecified atom stereocenters. The predicted octanol–water partition coefficient (Wildman–Crippen LogP) is 5.47. The van der Waals surface area contributed by atoms with Crippen molar-refractivity contribution < 1.29 is 13.9 Å². The van der Waals surface area contributed by atoms with E-state index in [1.807, 2.05) is 76.4 Å². The second kappa shape index (κ2) is 8.83. The lowest BCUT2D eigenvalue weighted by Crippen LogP contribution is -2.25. The number of carbonyl (C=O) groups is 1. The zero-order chi connectivity index (χ0) is 22.8. The molecule has 2 heterocycles. The van der Waals surface area contributed by atoms with E-state index < -0.39 is 0 Å². The van der Waals surface area contributed by atoms with Crippen molar-refractivity contribution >= 4 is 11.6 Å². The number of nitrogens with one attached hydrogen (secondary N) is 1. The van der Waals surface area contributed by atoms with E-state index in [0.717, 1.165) is 22.5 Å². The smallest absolute Gasteiger partial charge is 0.270 e. The zero-order valence-corrected chi connectivity index (χ0v) is 18.6. The molecule has 0 atom stereocenters. The first-order valence-electron chi connectivity index (χ1n) is 10.6. The van der Waals surface area contributed by atoms with Crippen molar-refractivity contribution in [2.45, 2.75) is 40.3 Å². The molecule has 0 radical (unpaired) electrons. The summed E-state index contributed by atoms with van der Waals surface area (Å²) in [7, 11) is 0. The minimum Gasteiger partial charge on any atom is -0.491 e. The van der Waals surface area contributed by atoms with Crippen LogP contribution < -0.4 is 10.1 Å². The topological polar surface area (TPSA) is 55.6 Å². The number of aromatic nitrogens is 2. The number of amides is 1. The van der Waals surface area contributed by atoms with Gasteiger partial charge in [-0.3, -0.25) is 9.20 Å². The van der Waals surface area contributed by atoms with E-state index in [-0.39, 0.29) is 24.4 Å². The number of hydrogen-bond acceptors (Lipinski definition) is 3. The molecule has 2 aromatic carbocycles. The molecule has 1 N–H and O–H groups in total. The number of ether oxygens (including phenoxy) is 1. The van der Waals surface area contributed by atoms with Gasteiger partial charge in [-0.05, 0) is 74.7 Å². The highest BCUT2D eigenvalue weighted by molar-refractivity contribution is 5.94. The summed E-state index contributed by atoms with van der Waals surface area (Å²) in [6.45, 7) is 7.93. The van der Waals surface area contributed by atoms with Crippen molar-refractivity contribution in [3.63, 3.8) is 0 Å². The molecule has 5 nitrogen and oxygen atoms in total. The van der Waals surface area contributed by atoms with Crippen LogP contribution in [0.15, 0.2) is 60.8 Å². The molecule has 164 valence electrons. The average molecular weight is 432 g/mol. The van der Waals surface area contributed by atoms with Gasteiger partial charge < -0.3 is 10.1 Å². The van der Waals surface area contributed by atoms with Crippen molar-refractivity contribution in [1.29, 1.82) is 0 Å². The van der Waals surface area contributed by atoms with Gasteiger partial charge in [0.05, 0.1) is 11.8 Å². The first-order valence-corrected chi connectivity index (χ1v) is 10.6. The molecule has 0 spiro atoms. The third-order valence-corrected chi connectivity index (χ3v) is 5.19. The van der Waals surface area contributed by atoms with Gasteiger partial charge in [-0.1, -0.05) is 24.3 Å². The maximum atomic E-state index is 14.8. The number of rotatable bonds is 6. The first kappa shape index (κ1) is 21.6. The fourth-order valence-electron chi connectivity index (χ4n) is 3.69. The second-order valence-corrected chi connectivity index (χ2v) is 8.17. The number of imidazole rings is 1. The summed E-state index contributed by atoms with van der Waals surface area (Å²) in [6, 6.07) is 16.2. The van der Waals surface area contributed by atoms with Crippen LogP contribution in [0.3, 0.4) is 0 Å². The van der Waals surface area contributed by atoms with E-state index in [1.165, 1.54) is 6.07 Å². The Labute approximate surface area is 186 Å². The van der Waals surface area contributed by atoms with E-state index in [2.05, 4.69) is 10.3 Å². The Morgan fingerprint density at radius 1 is 1.09 bits per heavy atom. The molecule has 0 fully saturated rings. The van der Waals surface area contributed by atoms with E-state index >= 15 is 0 Å². The fourth-order valence-corrected chi connectivity index (χ4v) is 3.69. The van der Waals surface area contributed by atoms with Crippen LogP contribution >= 0.6 is 0 Å². The molecular formula is C26H26FN3O2. The summed E-state index contributed by atoms with van der Waals surface area (Å²) in [5, 5.41) is 2.88. The van der Waals surface area contributed by atoms with Gasteiger partial charge in [0.1, 0.15) is 22.9 Å². The third-order valence-electron chi connectivity index (χ3n) is 5.19. The molecule has 0 saturated heterocycles. The number of fused-ring (bicyclic) bond motifs is 1. The van der Waals surface area contributed by atoms with Gasteiger partial charge in [0.15, 0.2) is 0 Å². The Hall–Kier alpha value is -3.67. The molecular weight excluding hydrogens is 405 g/mol. The second-order valence-electron chi connectivity index (χ2n) is 8.17. The quantitative estimate of drug-likeness (QED) is 0.440. The van der Waals surface area contributed by atoms with Gasteiger partial charge in [-0.2, -0.15) is 0 Å². The maximum Gasteiger partial charge on any atom is 0.270 e. The van der Waals surface area contributed by atoms with Crippen molar-refractivity contribution in [2.24, 2.45) is 0 Å². The number of aryl methyl sites for hydroxylation is 2. The van der Waals surface area contributed by atoms with E-state index in [9.17, 15) is 9.18 Å².